The van der Waals surface area contributed by atoms with Gasteiger partial charge in [-0.3, -0.25) is 4.79 Å². The van der Waals surface area contributed by atoms with Gasteiger partial charge in [0, 0.05) is 50.1 Å². The molecule has 1 saturated carbocycles. The minimum Gasteiger partial charge on any atom is -0.350 e. The maximum absolute atomic E-state index is 12.5. The molecule has 1 aliphatic rings. The molecule has 1 aromatic carbocycles. The molecule has 8 heteroatoms. The number of imidazole rings is 1. The summed E-state index contributed by atoms with van der Waals surface area (Å²) in [5, 5.41) is 2.88. The summed E-state index contributed by atoms with van der Waals surface area (Å²) in [6.45, 7) is 5.60. The molecular formula is C19H26N4O3S. The second kappa shape index (κ2) is 8.22. The van der Waals surface area contributed by atoms with Gasteiger partial charge in [0.25, 0.3) is 5.91 Å². The van der Waals surface area contributed by atoms with E-state index in [1.54, 1.807) is 32.2 Å². The monoisotopic (exact) mass is 390 g/mol. The van der Waals surface area contributed by atoms with Gasteiger partial charge < -0.3 is 9.88 Å². The molecule has 0 atom stereocenters. The molecule has 2 aromatic rings. The van der Waals surface area contributed by atoms with Crippen molar-refractivity contribution in [3.63, 3.8) is 0 Å². The van der Waals surface area contributed by atoms with E-state index in [1.165, 1.54) is 29.3 Å². The maximum atomic E-state index is 12.5. The fourth-order valence-electron chi connectivity index (χ4n) is 3.09. The fraction of sp³-hybridized carbons (Fsp3) is 0.474. The van der Waals surface area contributed by atoms with Gasteiger partial charge in [-0.25, -0.2) is 13.4 Å². The van der Waals surface area contributed by atoms with Crippen molar-refractivity contribution in [3.8, 4) is 0 Å². The number of benzene rings is 1. The van der Waals surface area contributed by atoms with Crippen LogP contribution < -0.4 is 5.32 Å². The molecule has 0 aliphatic heterocycles. The molecule has 1 amide bonds. The molecule has 1 aromatic heterocycles. The number of sulfonamides is 1. The predicted molar refractivity (Wildman–Crippen MR) is 103 cm³/mol. The normalized spacial score (nSPS) is 14.5. The second-order valence-electron chi connectivity index (χ2n) is 6.62. The molecule has 0 unspecified atom stereocenters. The Labute approximate surface area is 160 Å². The van der Waals surface area contributed by atoms with Gasteiger partial charge in [0.15, 0.2) is 0 Å². The molecule has 0 spiro atoms. The highest BCUT2D eigenvalue weighted by Crippen LogP contribution is 2.38. The van der Waals surface area contributed by atoms with Crippen LogP contribution in [0.25, 0.3) is 0 Å². The summed E-state index contributed by atoms with van der Waals surface area (Å²) in [7, 11) is -3.51. The molecule has 0 saturated heterocycles. The first-order valence-corrected chi connectivity index (χ1v) is 10.8. The van der Waals surface area contributed by atoms with Crippen LogP contribution in [0, 0.1) is 0 Å². The first kappa shape index (κ1) is 19.6. The fourth-order valence-corrected chi connectivity index (χ4v) is 4.55. The minimum absolute atomic E-state index is 0.204. The number of rotatable bonds is 9. The third kappa shape index (κ3) is 4.39. The molecular weight excluding hydrogens is 364 g/mol. The molecule has 27 heavy (non-hydrogen) atoms. The molecule has 1 N–H and O–H groups in total. The van der Waals surface area contributed by atoms with Crippen LogP contribution in [0.15, 0.2) is 41.6 Å². The van der Waals surface area contributed by atoms with Gasteiger partial charge in [-0.05, 0) is 37.1 Å². The van der Waals surface area contributed by atoms with Crippen molar-refractivity contribution < 1.29 is 13.2 Å². The van der Waals surface area contributed by atoms with Crippen LogP contribution in [0.5, 0.6) is 0 Å². The summed E-state index contributed by atoms with van der Waals surface area (Å²) < 4.78 is 28.4. The maximum Gasteiger partial charge on any atom is 0.251 e. The van der Waals surface area contributed by atoms with Crippen molar-refractivity contribution in [1.82, 2.24) is 19.2 Å². The highest BCUT2D eigenvalue weighted by molar-refractivity contribution is 7.89. The second-order valence-corrected chi connectivity index (χ2v) is 8.56. The first-order valence-electron chi connectivity index (χ1n) is 9.36. The largest absolute Gasteiger partial charge is 0.350 e. The lowest BCUT2D eigenvalue weighted by molar-refractivity contribution is 0.0952. The molecule has 1 fully saturated rings. The van der Waals surface area contributed by atoms with Crippen LogP contribution in [0.2, 0.25) is 0 Å². The summed E-state index contributed by atoms with van der Waals surface area (Å²) in [6.07, 6.45) is 6.11. The number of hydrogen-bond acceptors (Lipinski definition) is 4. The van der Waals surface area contributed by atoms with E-state index < -0.39 is 10.0 Å². The van der Waals surface area contributed by atoms with E-state index in [1.807, 2.05) is 6.20 Å². The zero-order valence-corrected chi connectivity index (χ0v) is 16.6. The smallest absolute Gasteiger partial charge is 0.251 e. The lowest BCUT2D eigenvalue weighted by atomic mass is 10.2. The summed E-state index contributed by atoms with van der Waals surface area (Å²) in [5.41, 5.74) is 0.446. The average molecular weight is 391 g/mol. The van der Waals surface area contributed by atoms with Crippen LogP contribution in [0.1, 0.15) is 48.8 Å². The summed E-state index contributed by atoms with van der Waals surface area (Å²) in [6, 6.07) is 6.09. The van der Waals surface area contributed by atoms with E-state index in [4.69, 9.17) is 0 Å². The van der Waals surface area contributed by atoms with Crippen LogP contribution in [-0.2, 0) is 16.6 Å². The Hall–Kier alpha value is -2.19. The third-order valence-electron chi connectivity index (χ3n) is 4.79. The lowest BCUT2D eigenvalue weighted by Crippen LogP contribution is -2.31. The van der Waals surface area contributed by atoms with Gasteiger partial charge in [0.05, 0.1) is 4.90 Å². The van der Waals surface area contributed by atoms with Gasteiger partial charge in [-0.15, -0.1) is 0 Å². The lowest BCUT2D eigenvalue weighted by Gasteiger charge is -2.18. The van der Waals surface area contributed by atoms with Gasteiger partial charge in [-0.1, -0.05) is 13.8 Å². The molecule has 1 heterocycles. The van der Waals surface area contributed by atoms with Crippen molar-refractivity contribution in [2.75, 3.05) is 19.6 Å². The predicted octanol–water partition coefficient (Wildman–Crippen LogP) is 2.22. The minimum atomic E-state index is -3.51. The Balaban J connectivity index is 1.58. The number of nitrogens with zero attached hydrogens (tertiary/aromatic N) is 3. The van der Waals surface area contributed by atoms with Gasteiger partial charge in [0.1, 0.15) is 5.82 Å². The Morgan fingerprint density at radius 2 is 1.89 bits per heavy atom. The first-order chi connectivity index (χ1) is 13.0. The number of aromatic nitrogens is 2. The summed E-state index contributed by atoms with van der Waals surface area (Å²) in [4.78, 5) is 16.9. The van der Waals surface area contributed by atoms with E-state index in [2.05, 4.69) is 14.9 Å². The van der Waals surface area contributed by atoms with Crippen LogP contribution in [0.4, 0.5) is 0 Å². The zero-order valence-electron chi connectivity index (χ0n) is 15.8. The molecule has 146 valence electrons. The Morgan fingerprint density at radius 3 is 2.48 bits per heavy atom. The number of amides is 1. The molecule has 0 radical (unpaired) electrons. The van der Waals surface area contributed by atoms with Crippen LogP contribution >= 0.6 is 0 Å². The molecule has 3 rings (SSSR count). The quantitative estimate of drug-likeness (QED) is 0.712. The van der Waals surface area contributed by atoms with Crippen molar-refractivity contribution in [2.45, 2.75) is 44.0 Å². The number of carbonyl (C=O) groups excluding carboxylic acids is 1. The van der Waals surface area contributed by atoms with Crippen LogP contribution in [-0.4, -0.2) is 47.8 Å². The van der Waals surface area contributed by atoms with E-state index in [-0.39, 0.29) is 10.8 Å². The zero-order chi connectivity index (χ0) is 19.4. The van der Waals surface area contributed by atoms with Crippen molar-refractivity contribution >= 4 is 15.9 Å². The van der Waals surface area contributed by atoms with E-state index in [9.17, 15) is 13.2 Å². The number of hydrogen-bond donors (Lipinski definition) is 1. The topological polar surface area (TPSA) is 84.3 Å². The van der Waals surface area contributed by atoms with Crippen molar-refractivity contribution in [2.24, 2.45) is 0 Å². The SMILES string of the molecule is CCN(CC)S(=O)(=O)c1ccc(C(=O)NCCn2ccnc2C2CC2)cc1. The Morgan fingerprint density at radius 1 is 1.22 bits per heavy atom. The number of carbonyl (C=O) groups is 1. The average Bonchev–Trinajstić information content (AvgIpc) is 3.41. The van der Waals surface area contributed by atoms with Gasteiger partial charge in [0.2, 0.25) is 10.0 Å². The van der Waals surface area contributed by atoms with Crippen molar-refractivity contribution in [3.05, 3.63) is 48.0 Å². The Bertz CT molecular complexity index is 882. The standard InChI is InChI=1S/C19H26N4O3S/c1-3-23(4-2)27(25,26)17-9-7-16(8-10-17)19(24)21-12-14-22-13-11-20-18(22)15-5-6-15/h7-11,13,15H,3-6,12,14H2,1-2H3,(H,21,24). The van der Waals surface area contributed by atoms with E-state index in [0.29, 0.717) is 37.7 Å². The number of nitrogens with one attached hydrogen (secondary N) is 1. The molecule has 1 aliphatic carbocycles. The summed E-state index contributed by atoms with van der Waals surface area (Å²) in [5.74, 6) is 1.45. The molecule has 0 bridgehead atoms. The van der Waals surface area contributed by atoms with Crippen LogP contribution in [0.3, 0.4) is 0 Å². The highest BCUT2D eigenvalue weighted by atomic mass is 32.2. The van der Waals surface area contributed by atoms with Gasteiger partial charge in [-0.2, -0.15) is 4.31 Å². The van der Waals surface area contributed by atoms with E-state index in [0.717, 1.165) is 5.82 Å². The summed E-state index contributed by atoms with van der Waals surface area (Å²) >= 11 is 0. The Kier molecular flexibility index (Phi) is 5.96. The van der Waals surface area contributed by atoms with Crippen molar-refractivity contribution in [1.29, 1.82) is 0 Å². The highest BCUT2D eigenvalue weighted by Gasteiger charge is 2.27. The third-order valence-corrected chi connectivity index (χ3v) is 6.85. The molecule has 7 nitrogen and oxygen atoms in total. The van der Waals surface area contributed by atoms with E-state index >= 15 is 0 Å². The van der Waals surface area contributed by atoms with Gasteiger partial charge >= 0.3 is 0 Å².